The summed E-state index contributed by atoms with van der Waals surface area (Å²) in [7, 11) is 0. The molecule has 0 saturated carbocycles. The van der Waals surface area contributed by atoms with E-state index >= 15 is 0 Å². The fraction of sp³-hybridized carbons (Fsp3) is 0.611. The minimum absolute atomic E-state index is 0. The molecule has 2 rings (SSSR count). The normalized spacial score (nSPS) is 16.1. The highest BCUT2D eigenvalue weighted by atomic mass is 127. The van der Waals surface area contributed by atoms with Gasteiger partial charge in [0.1, 0.15) is 0 Å². The molecule has 136 valence electrons. The summed E-state index contributed by atoms with van der Waals surface area (Å²) in [5.41, 5.74) is 7.14. The lowest BCUT2D eigenvalue weighted by Crippen LogP contribution is -2.46. The Balaban J connectivity index is 0.00000288. The van der Waals surface area contributed by atoms with E-state index in [0.717, 1.165) is 45.7 Å². The van der Waals surface area contributed by atoms with Crippen molar-refractivity contribution >= 4 is 35.6 Å². The first-order chi connectivity index (χ1) is 11.1. The monoisotopic (exact) mass is 445 g/mol. The third-order valence-corrected chi connectivity index (χ3v) is 4.09. The molecule has 1 fully saturated rings. The van der Waals surface area contributed by atoms with Gasteiger partial charge in [-0.25, -0.2) is 0 Å². The number of nitrogens with one attached hydrogen (secondary N) is 1. The van der Waals surface area contributed by atoms with Crippen molar-refractivity contribution in [3.05, 3.63) is 30.3 Å². The van der Waals surface area contributed by atoms with E-state index in [2.05, 4.69) is 64.3 Å². The smallest absolute Gasteiger partial charge is 0.188 e. The summed E-state index contributed by atoms with van der Waals surface area (Å²) in [6, 6.07) is 11.0. The third kappa shape index (κ3) is 7.70. The molecule has 24 heavy (non-hydrogen) atoms. The number of benzene rings is 1. The van der Waals surface area contributed by atoms with Crippen LogP contribution < -0.4 is 16.0 Å². The van der Waals surface area contributed by atoms with Crippen LogP contribution in [0.5, 0.6) is 0 Å². The number of rotatable bonds is 7. The SMILES string of the molecule is CC(C)NC(N)=NCCCCN1CCN(c2ccccc2)CC1.I. The van der Waals surface area contributed by atoms with E-state index in [-0.39, 0.29) is 24.0 Å². The van der Waals surface area contributed by atoms with Crippen LogP contribution in [0.15, 0.2) is 35.3 Å². The lowest BCUT2D eigenvalue weighted by atomic mass is 10.2. The van der Waals surface area contributed by atoms with Crippen molar-refractivity contribution in [2.45, 2.75) is 32.7 Å². The van der Waals surface area contributed by atoms with Crippen molar-refractivity contribution in [2.75, 3.05) is 44.2 Å². The van der Waals surface area contributed by atoms with Gasteiger partial charge in [0.2, 0.25) is 0 Å². The number of piperazine rings is 1. The topological polar surface area (TPSA) is 56.9 Å². The Labute approximate surface area is 163 Å². The zero-order valence-corrected chi connectivity index (χ0v) is 17.3. The van der Waals surface area contributed by atoms with Crippen molar-refractivity contribution in [1.29, 1.82) is 0 Å². The largest absolute Gasteiger partial charge is 0.370 e. The molecular formula is C18H32IN5. The number of para-hydroxylation sites is 1. The van der Waals surface area contributed by atoms with Gasteiger partial charge in [0.05, 0.1) is 0 Å². The predicted molar refractivity (Wildman–Crippen MR) is 115 cm³/mol. The summed E-state index contributed by atoms with van der Waals surface area (Å²) >= 11 is 0. The molecule has 1 aliphatic rings. The maximum Gasteiger partial charge on any atom is 0.188 e. The quantitative estimate of drug-likeness (QED) is 0.293. The highest BCUT2D eigenvalue weighted by molar-refractivity contribution is 14.0. The average molecular weight is 445 g/mol. The van der Waals surface area contributed by atoms with E-state index in [1.165, 1.54) is 12.1 Å². The van der Waals surface area contributed by atoms with Gasteiger partial charge in [0.15, 0.2) is 5.96 Å². The highest BCUT2D eigenvalue weighted by Crippen LogP contribution is 2.15. The van der Waals surface area contributed by atoms with Crippen molar-refractivity contribution < 1.29 is 0 Å². The molecule has 0 bridgehead atoms. The van der Waals surface area contributed by atoms with Gasteiger partial charge < -0.3 is 16.0 Å². The van der Waals surface area contributed by atoms with Crippen LogP contribution in [-0.2, 0) is 0 Å². The Bertz CT molecular complexity index is 470. The minimum atomic E-state index is 0. The first-order valence-corrected chi connectivity index (χ1v) is 8.74. The lowest BCUT2D eigenvalue weighted by molar-refractivity contribution is 0.253. The summed E-state index contributed by atoms with van der Waals surface area (Å²) in [6.07, 6.45) is 2.28. The summed E-state index contributed by atoms with van der Waals surface area (Å²) in [4.78, 5) is 9.38. The molecule has 1 aromatic carbocycles. The van der Waals surface area contributed by atoms with Crippen LogP contribution in [0.1, 0.15) is 26.7 Å². The van der Waals surface area contributed by atoms with Crippen LogP contribution in [-0.4, -0.2) is 56.2 Å². The summed E-state index contributed by atoms with van der Waals surface area (Å²) in [5.74, 6) is 0.566. The molecule has 1 heterocycles. The zero-order valence-electron chi connectivity index (χ0n) is 14.9. The number of nitrogens with two attached hydrogens (primary N) is 1. The zero-order chi connectivity index (χ0) is 16.5. The van der Waals surface area contributed by atoms with Gasteiger partial charge in [-0.15, -0.1) is 24.0 Å². The van der Waals surface area contributed by atoms with Gasteiger partial charge in [-0.2, -0.15) is 0 Å². The Morgan fingerprint density at radius 2 is 1.79 bits per heavy atom. The van der Waals surface area contributed by atoms with E-state index < -0.39 is 0 Å². The second-order valence-corrected chi connectivity index (χ2v) is 6.44. The average Bonchev–Trinajstić information content (AvgIpc) is 2.55. The Morgan fingerprint density at radius 3 is 2.42 bits per heavy atom. The van der Waals surface area contributed by atoms with Gasteiger partial charge in [0, 0.05) is 44.5 Å². The fourth-order valence-corrected chi connectivity index (χ4v) is 2.86. The second-order valence-electron chi connectivity index (χ2n) is 6.44. The molecule has 0 unspecified atom stereocenters. The first kappa shape index (κ1) is 21.0. The first-order valence-electron chi connectivity index (χ1n) is 8.74. The number of anilines is 1. The molecule has 6 heteroatoms. The number of unbranched alkanes of at least 4 members (excludes halogenated alkanes) is 1. The van der Waals surface area contributed by atoms with Crippen LogP contribution in [0.4, 0.5) is 5.69 Å². The fourth-order valence-electron chi connectivity index (χ4n) is 2.86. The van der Waals surface area contributed by atoms with Gasteiger partial charge in [0.25, 0.3) is 0 Å². The number of halogens is 1. The molecule has 1 aromatic rings. The van der Waals surface area contributed by atoms with E-state index in [0.29, 0.717) is 12.0 Å². The van der Waals surface area contributed by atoms with E-state index in [4.69, 9.17) is 5.73 Å². The highest BCUT2D eigenvalue weighted by Gasteiger charge is 2.16. The number of hydrogen-bond donors (Lipinski definition) is 2. The van der Waals surface area contributed by atoms with Crippen LogP contribution in [0, 0.1) is 0 Å². The standard InChI is InChI=1S/C18H31N5.HI/c1-16(2)21-18(19)20-10-6-7-11-22-12-14-23(15-13-22)17-8-4-3-5-9-17;/h3-5,8-9,16H,6-7,10-15H2,1-2H3,(H3,19,20,21);1H. The molecule has 0 amide bonds. The third-order valence-electron chi connectivity index (χ3n) is 4.09. The number of nitrogens with zero attached hydrogens (tertiary/aromatic N) is 3. The van der Waals surface area contributed by atoms with Crippen LogP contribution in [0.3, 0.4) is 0 Å². The maximum atomic E-state index is 5.79. The van der Waals surface area contributed by atoms with E-state index in [9.17, 15) is 0 Å². The van der Waals surface area contributed by atoms with Crippen molar-refractivity contribution in [2.24, 2.45) is 10.7 Å². The molecule has 0 aromatic heterocycles. The van der Waals surface area contributed by atoms with Crippen LogP contribution in [0.2, 0.25) is 0 Å². The summed E-state index contributed by atoms with van der Waals surface area (Å²) in [5, 5.41) is 3.12. The summed E-state index contributed by atoms with van der Waals surface area (Å²) < 4.78 is 0. The molecule has 1 saturated heterocycles. The molecule has 5 nitrogen and oxygen atoms in total. The molecule has 3 N–H and O–H groups in total. The predicted octanol–water partition coefficient (Wildman–Crippen LogP) is 2.52. The van der Waals surface area contributed by atoms with Gasteiger partial charge in [-0.1, -0.05) is 18.2 Å². The Hall–Kier alpha value is -1.02. The van der Waals surface area contributed by atoms with Crippen molar-refractivity contribution in [1.82, 2.24) is 10.2 Å². The number of guanidine groups is 1. The van der Waals surface area contributed by atoms with Gasteiger partial charge in [-0.05, 0) is 45.4 Å². The lowest BCUT2D eigenvalue weighted by Gasteiger charge is -2.36. The molecule has 0 atom stereocenters. The Morgan fingerprint density at radius 1 is 1.12 bits per heavy atom. The number of aliphatic imine (C=N–C) groups is 1. The molecule has 0 aliphatic carbocycles. The van der Waals surface area contributed by atoms with Gasteiger partial charge >= 0.3 is 0 Å². The molecule has 0 radical (unpaired) electrons. The van der Waals surface area contributed by atoms with Crippen molar-refractivity contribution in [3.8, 4) is 0 Å². The molecule has 1 aliphatic heterocycles. The van der Waals surface area contributed by atoms with Crippen molar-refractivity contribution in [3.63, 3.8) is 0 Å². The van der Waals surface area contributed by atoms with Crippen LogP contribution in [0.25, 0.3) is 0 Å². The number of hydrogen-bond acceptors (Lipinski definition) is 3. The van der Waals surface area contributed by atoms with Crippen LogP contribution >= 0.6 is 24.0 Å². The molecule has 0 spiro atoms. The minimum Gasteiger partial charge on any atom is -0.370 e. The van der Waals surface area contributed by atoms with E-state index in [1.807, 2.05) is 0 Å². The molecular weight excluding hydrogens is 413 g/mol. The maximum absolute atomic E-state index is 5.79. The Kier molecular flexibility index (Phi) is 10.1. The summed E-state index contributed by atoms with van der Waals surface area (Å²) in [6.45, 7) is 10.6. The van der Waals surface area contributed by atoms with E-state index in [1.54, 1.807) is 0 Å². The van der Waals surface area contributed by atoms with Gasteiger partial charge in [-0.3, -0.25) is 9.89 Å². The second kappa shape index (κ2) is 11.5.